The lowest BCUT2D eigenvalue weighted by molar-refractivity contribution is -0.146. The van der Waals surface area contributed by atoms with E-state index in [-0.39, 0.29) is 11.7 Å². The normalized spacial score (nSPS) is 27.2. The number of carboxylic acids is 1. The number of ketones is 1. The first kappa shape index (κ1) is 9.96. The zero-order valence-electron chi connectivity index (χ0n) is 7.69. The van der Waals surface area contributed by atoms with Gasteiger partial charge in [0.1, 0.15) is 5.78 Å². The molecule has 0 aromatic heterocycles. The molecule has 2 atom stereocenters. The molecule has 0 saturated heterocycles. The highest BCUT2D eigenvalue weighted by molar-refractivity contribution is 5.86. The highest BCUT2D eigenvalue weighted by atomic mass is 16.4. The Labute approximate surface area is 77.4 Å². The van der Waals surface area contributed by atoms with E-state index in [1.54, 1.807) is 6.92 Å². The number of aliphatic carboxylic acids is 1. The maximum atomic E-state index is 11.4. The molecule has 0 spiro atoms. The molecule has 72 valence electrons. The van der Waals surface area contributed by atoms with Gasteiger partial charge in [-0.15, -0.1) is 0 Å². The summed E-state index contributed by atoms with van der Waals surface area (Å²) in [5, 5.41) is 8.87. The minimum absolute atomic E-state index is 0.0664. The molecule has 13 heavy (non-hydrogen) atoms. The zero-order valence-corrected chi connectivity index (χ0v) is 7.69. The molecule has 0 aromatic carbocycles. The van der Waals surface area contributed by atoms with Crippen LogP contribution in [0.25, 0.3) is 0 Å². The number of allylic oxidation sites excluding steroid dienone is 2. The van der Waals surface area contributed by atoms with E-state index in [9.17, 15) is 9.59 Å². The van der Waals surface area contributed by atoms with E-state index in [1.165, 1.54) is 0 Å². The second kappa shape index (κ2) is 4.21. The third kappa shape index (κ3) is 2.17. The molecule has 0 aliphatic heterocycles. The Hall–Kier alpha value is -1.12. The lowest BCUT2D eigenvalue weighted by Crippen LogP contribution is -2.30. The standard InChI is InChI=1S/C10H14O3/c1-2-9(11)7-5-3-4-6-8(7)10(12)13/h3-4,7-8H,2,5-6H2,1H3,(H,12,13). The number of Topliss-reactive ketones (excluding diaryl/α,β-unsaturated/α-hetero) is 1. The van der Waals surface area contributed by atoms with Crippen molar-refractivity contribution in [2.75, 3.05) is 0 Å². The third-order valence-electron chi connectivity index (χ3n) is 2.51. The molecule has 3 heteroatoms. The fraction of sp³-hybridized carbons (Fsp3) is 0.600. The van der Waals surface area contributed by atoms with Crippen LogP contribution in [0.4, 0.5) is 0 Å². The first-order valence-corrected chi connectivity index (χ1v) is 4.57. The van der Waals surface area contributed by atoms with E-state index in [4.69, 9.17) is 5.11 Å². The topological polar surface area (TPSA) is 54.4 Å². The first-order chi connectivity index (χ1) is 6.16. The quantitative estimate of drug-likeness (QED) is 0.675. The van der Waals surface area contributed by atoms with Gasteiger partial charge in [-0.2, -0.15) is 0 Å². The van der Waals surface area contributed by atoms with Gasteiger partial charge in [-0.05, 0) is 12.8 Å². The predicted octanol–water partition coefficient (Wildman–Crippen LogP) is 1.63. The number of carbonyl (C=O) groups excluding carboxylic acids is 1. The van der Waals surface area contributed by atoms with Crippen molar-refractivity contribution >= 4 is 11.8 Å². The number of carbonyl (C=O) groups is 2. The van der Waals surface area contributed by atoms with Crippen molar-refractivity contribution in [3.63, 3.8) is 0 Å². The molecule has 0 saturated carbocycles. The summed E-state index contributed by atoms with van der Waals surface area (Å²) in [5.41, 5.74) is 0. The second-order valence-corrected chi connectivity index (χ2v) is 3.31. The van der Waals surface area contributed by atoms with Crippen LogP contribution in [-0.2, 0) is 9.59 Å². The summed E-state index contributed by atoms with van der Waals surface area (Å²) in [7, 11) is 0. The Bertz CT molecular complexity index is 243. The van der Waals surface area contributed by atoms with Crippen molar-refractivity contribution in [2.24, 2.45) is 11.8 Å². The molecule has 0 amide bonds. The highest BCUT2D eigenvalue weighted by Gasteiger charge is 2.32. The molecule has 1 rings (SSSR count). The number of rotatable bonds is 3. The Morgan fingerprint density at radius 1 is 1.31 bits per heavy atom. The van der Waals surface area contributed by atoms with E-state index in [1.807, 2.05) is 12.2 Å². The van der Waals surface area contributed by atoms with Crippen LogP contribution in [0.3, 0.4) is 0 Å². The third-order valence-corrected chi connectivity index (χ3v) is 2.51. The molecule has 1 aliphatic rings. The monoisotopic (exact) mass is 182 g/mol. The van der Waals surface area contributed by atoms with Gasteiger partial charge in [-0.25, -0.2) is 0 Å². The molecule has 3 nitrogen and oxygen atoms in total. The van der Waals surface area contributed by atoms with Crippen LogP contribution in [0.1, 0.15) is 26.2 Å². The lowest BCUT2D eigenvalue weighted by atomic mass is 9.80. The smallest absolute Gasteiger partial charge is 0.307 e. The first-order valence-electron chi connectivity index (χ1n) is 4.57. The van der Waals surface area contributed by atoms with E-state index < -0.39 is 11.9 Å². The minimum atomic E-state index is -0.851. The largest absolute Gasteiger partial charge is 0.481 e. The van der Waals surface area contributed by atoms with Gasteiger partial charge in [0.2, 0.25) is 0 Å². The van der Waals surface area contributed by atoms with Crippen LogP contribution in [0, 0.1) is 11.8 Å². The maximum Gasteiger partial charge on any atom is 0.307 e. The lowest BCUT2D eigenvalue weighted by Gasteiger charge is -2.23. The van der Waals surface area contributed by atoms with Crippen LogP contribution in [-0.4, -0.2) is 16.9 Å². The Balaban J connectivity index is 2.75. The molecule has 0 bridgehead atoms. The van der Waals surface area contributed by atoms with Crippen LogP contribution >= 0.6 is 0 Å². The van der Waals surface area contributed by atoms with Gasteiger partial charge < -0.3 is 5.11 Å². The Morgan fingerprint density at radius 3 is 2.31 bits per heavy atom. The summed E-state index contributed by atoms with van der Waals surface area (Å²) in [6.07, 6.45) is 5.26. The summed E-state index contributed by atoms with van der Waals surface area (Å²) >= 11 is 0. The number of hydrogen-bond acceptors (Lipinski definition) is 2. The molecule has 0 fully saturated rings. The summed E-state index contributed by atoms with van der Waals surface area (Å²) < 4.78 is 0. The van der Waals surface area contributed by atoms with Gasteiger partial charge in [0.05, 0.1) is 5.92 Å². The average Bonchev–Trinajstić information content (AvgIpc) is 2.16. The molecule has 1 N–H and O–H groups in total. The van der Waals surface area contributed by atoms with Gasteiger partial charge in [-0.3, -0.25) is 9.59 Å². The summed E-state index contributed by atoms with van der Waals surface area (Å²) in [6, 6.07) is 0. The van der Waals surface area contributed by atoms with Gasteiger partial charge in [0.15, 0.2) is 0 Å². The van der Waals surface area contributed by atoms with E-state index in [2.05, 4.69) is 0 Å². The maximum absolute atomic E-state index is 11.4. The summed E-state index contributed by atoms with van der Waals surface area (Å²) in [4.78, 5) is 22.2. The summed E-state index contributed by atoms with van der Waals surface area (Å²) in [6.45, 7) is 1.78. The zero-order chi connectivity index (χ0) is 9.84. The number of carboxylic acid groups (broad SMARTS) is 1. The van der Waals surface area contributed by atoms with Crippen molar-refractivity contribution in [1.82, 2.24) is 0 Å². The van der Waals surface area contributed by atoms with Crippen LogP contribution in [0.2, 0.25) is 0 Å². The van der Waals surface area contributed by atoms with Crippen LogP contribution in [0.5, 0.6) is 0 Å². The average molecular weight is 182 g/mol. The van der Waals surface area contributed by atoms with Crippen molar-refractivity contribution < 1.29 is 14.7 Å². The molecule has 0 aromatic rings. The molecule has 0 radical (unpaired) electrons. The van der Waals surface area contributed by atoms with E-state index in [0.29, 0.717) is 19.3 Å². The molecule has 0 heterocycles. The summed E-state index contributed by atoms with van der Waals surface area (Å²) in [5.74, 6) is -1.59. The molecule has 2 unspecified atom stereocenters. The van der Waals surface area contributed by atoms with E-state index in [0.717, 1.165) is 0 Å². The van der Waals surface area contributed by atoms with Crippen molar-refractivity contribution in [1.29, 1.82) is 0 Å². The molecular formula is C10H14O3. The fourth-order valence-electron chi connectivity index (χ4n) is 1.71. The van der Waals surface area contributed by atoms with E-state index >= 15 is 0 Å². The molecule has 1 aliphatic carbocycles. The van der Waals surface area contributed by atoms with Crippen molar-refractivity contribution in [3.8, 4) is 0 Å². The van der Waals surface area contributed by atoms with Crippen LogP contribution in [0.15, 0.2) is 12.2 Å². The fourth-order valence-corrected chi connectivity index (χ4v) is 1.71. The van der Waals surface area contributed by atoms with Gasteiger partial charge in [0.25, 0.3) is 0 Å². The number of hydrogen-bond donors (Lipinski definition) is 1. The Kier molecular flexibility index (Phi) is 3.23. The van der Waals surface area contributed by atoms with Gasteiger partial charge in [0, 0.05) is 12.3 Å². The van der Waals surface area contributed by atoms with Crippen molar-refractivity contribution in [3.05, 3.63) is 12.2 Å². The molecular weight excluding hydrogens is 168 g/mol. The van der Waals surface area contributed by atoms with Gasteiger partial charge in [-0.1, -0.05) is 19.1 Å². The Morgan fingerprint density at radius 2 is 1.85 bits per heavy atom. The second-order valence-electron chi connectivity index (χ2n) is 3.31. The van der Waals surface area contributed by atoms with Crippen LogP contribution < -0.4 is 0 Å². The van der Waals surface area contributed by atoms with Gasteiger partial charge >= 0.3 is 5.97 Å². The highest BCUT2D eigenvalue weighted by Crippen LogP contribution is 2.27. The predicted molar refractivity (Wildman–Crippen MR) is 48.3 cm³/mol. The minimum Gasteiger partial charge on any atom is -0.481 e. The SMILES string of the molecule is CCC(=O)C1CC=CCC1C(=O)O. The van der Waals surface area contributed by atoms with Crippen molar-refractivity contribution in [2.45, 2.75) is 26.2 Å².